The maximum Gasteiger partial charge on any atom is 0.347 e. The van der Waals surface area contributed by atoms with Crippen molar-refractivity contribution in [2.75, 3.05) is 13.2 Å². The van der Waals surface area contributed by atoms with Crippen LogP contribution in [0.15, 0.2) is 30.9 Å². The predicted molar refractivity (Wildman–Crippen MR) is 297 cm³/mol. The minimum Gasteiger partial charge on any atom is -0.507 e. The van der Waals surface area contributed by atoms with E-state index in [0.717, 1.165) is 51.0 Å². The molecule has 3 rings (SSSR count). The Morgan fingerprint density at radius 1 is 0.662 bits per heavy atom. The number of benzene rings is 2. The minimum atomic E-state index is -1.60. The van der Waals surface area contributed by atoms with Crippen molar-refractivity contribution in [3.63, 3.8) is 0 Å². The fourth-order valence-electron chi connectivity index (χ4n) is 8.50. The number of aldehydes is 1. The average molecular weight is 1130 g/mol. The minimum absolute atomic E-state index is 0.0286. The fourth-order valence-corrected chi connectivity index (χ4v) is 8.50. The number of allylic oxidation sites excluding steroid dienone is 1. The largest absolute Gasteiger partial charge is 0.507 e. The molecule has 1 heterocycles. The first kappa shape index (κ1) is 71.2. The van der Waals surface area contributed by atoms with E-state index in [2.05, 4.69) is 12.5 Å². The lowest BCUT2D eigenvalue weighted by molar-refractivity contribution is -0.145. The number of aliphatic hydroxyl groups is 4. The quantitative estimate of drug-likeness (QED) is 0.00456. The molecule has 0 aromatic heterocycles. The van der Waals surface area contributed by atoms with Crippen LogP contribution in [0.3, 0.4) is 0 Å². The summed E-state index contributed by atoms with van der Waals surface area (Å²) in [4.78, 5) is 79.9. The van der Waals surface area contributed by atoms with Gasteiger partial charge < -0.3 is 64.5 Å². The highest BCUT2D eigenvalue weighted by Gasteiger charge is 2.36. The molecule has 8 N–H and O–H groups in total. The third-order valence-electron chi connectivity index (χ3n) is 12.7. The molecule has 0 saturated carbocycles. The lowest BCUT2D eigenvalue weighted by Crippen LogP contribution is -2.23. The summed E-state index contributed by atoms with van der Waals surface area (Å²) < 4.78 is 25.3. The molecule has 1 aliphatic rings. The third-order valence-corrected chi connectivity index (χ3v) is 12.7. The number of fused-ring (bicyclic) bond motifs is 2. The number of aliphatic carboxylic acids is 1. The van der Waals surface area contributed by atoms with Crippen LogP contribution in [-0.4, -0.2) is 121 Å². The molecule has 2 aromatic carbocycles. The molecular weight excluding hydrogens is 1040 g/mol. The van der Waals surface area contributed by atoms with Crippen molar-refractivity contribution in [1.29, 1.82) is 0 Å². The zero-order valence-electron chi connectivity index (χ0n) is 47.0. The van der Waals surface area contributed by atoms with Gasteiger partial charge in [0.1, 0.15) is 42.4 Å². The summed E-state index contributed by atoms with van der Waals surface area (Å²) in [5.74, 6) is -6.05. The molecule has 0 bridgehead atoms. The van der Waals surface area contributed by atoms with Crippen LogP contribution in [0, 0.1) is 26.2 Å². The summed E-state index contributed by atoms with van der Waals surface area (Å²) in [6, 6.07) is 1.13. The molecule has 80 heavy (non-hydrogen) atoms. The van der Waals surface area contributed by atoms with E-state index in [9.17, 15) is 69.3 Å². The molecule has 0 aliphatic carbocycles. The van der Waals surface area contributed by atoms with E-state index in [4.69, 9.17) is 35.2 Å². The van der Waals surface area contributed by atoms with Gasteiger partial charge in [0.15, 0.2) is 23.5 Å². The third kappa shape index (κ3) is 29.4. The highest BCUT2D eigenvalue weighted by Crippen LogP contribution is 2.50. The number of phenolic OH excluding ortho intramolecular Hbond substituents is 1. The number of aryl methyl sites for hydroxylation is 1. The van der Waals surface area contributed by atoms with Crippen molar-refractivity contribution in [2.45, 2.75) is 213 Å². The average Bonchev–Trinajstić information content (AvgIpc) is 3.60. The number of unbranched alkanes of at least 4 members (excludes halogenated alkanes) is 18. The van der Waals surface area contributed by atoms with Crippen LogP contribution < -0.4 is 9.47 Å². The zero-order valence-corrected chi connectivity index (χ0v) is 47.0. The van der Waals surface area contributed by atoms with E-state index in [0.29, 0.717) is 25.0 Å². The molecule has 0 saturated heterocycles. The number of carbonyl (C=O) groups excluding carboxylic acids is 5. The Balaban J connectivity index is 0.000000622. The predicted octanol–water partition coefficient (Wildman–Crippen LogP) is 9.96. The Morgan fingerprint density at radius 2 is 1.14 bits per heavy atom. The molecule has 0 amide bonds. The van der Waals surface area contributed by atoms with Gasteiger partial charge in [-0.05, 0) is 57.6 Å². The first-order chi connectivity index (χ1) is 38.1. The van der Waals surface area contributed by atoms with E-state index in [-0.39, 0.29) is 54.8 Å². The van der Waals surface area contributed by atoms with E-state index in [1.165, 1.54) is 111 Å². The second-order valence-corrected chi connectivity index (χ2v) is 19.7. The number of esters is 4. The van der Waals surface area contributed by atoms with Gasteiger partial charge in [0.05, 0.1) is 35.5 Å². The highest BCUT2D eigenvalue weighted by atomic mass is 16.6. The Hall–Kier alpha value is -6.79. The van der Waals surface area contributed by atoms with E-state index in [1.54, 1.807) is 0 Å². The van der Waals surface area contributed by atoms with Gasteiger partial charge in [-0.15, -0.1) is 18.9 Å². The number of aromatic hydroxyl groups is 2. The second-order valence-electron chi connectivity index (χ2n) is 19.7. The molecule has 1 aliphatic heterocycles. The molecule has 0 radical (unpaired) electrons. The number of carbonyl (C=O) groups is 7. The molecule has 20 nitrogen and oxygen atoms in total. The van der Waals surface area contributed by atoms with Gasteiger partial charge >= 0.3 is 35.8 Å². The summed E-state index contributed by atoms with van der Waals surface area (Å²) in [6.07, 6.45) is 31.8. The molecular formula is C60H86O20. The van der Waals surface area contributed by atoms with Gasteiger partial charge in [-0.2, -0.15) is 0 Å². The molecule has 4 unspecified atom stereocenters. The van der Waals surface area contributed by atoms with Gasteiger partial charge in [-0.25, -0.2) is 19.2 Å². The smallest absolute Gasteiger partial charge is 0.347 e. The monoisotopic (exact) mass is 1130 g/mol. The van der Waals surface area contributed by atoms with Gasteiger partial charge in [0.25, 0.3) is 0 Å². The number of carboxylic acids is 2. The van der Waals surface area contributed by atoms with Gasteiger partial charge in [0, 0.05) is 50.8 Å². The fraction of sp³-hybridized carbons (Fsp3) is 0.583. The van der Waals surface area contributed by atoms with E-state index in [1.807, 2.05) is 6.08 Å². The molecule has 4 atom stereocenters. The lowest BCUT2D eigenvalue weighted by Gasteiger charge is -2.18. The number of hydrogen-bond donors (Lipinski definition) is 8. The van der Waals surface area contributed by atoms with Crippen molar-refractivity contribution >= 4 is 42.1 Å². The maximum atomic E-state index is 12.9. The van der Waals surface area contributed by atoms with Crippen LogP contribution in [0.2, 0.25) is 0 Å². The number of terminal acetylenes is 1. The van der Waals surface area contributed by atoms with Crippen LogP contribution in [0.4, 0.5) is 0 Å². The number of ether oxygens (including phenoxy) is 5. The molecule has 20 heteroatoms. The van der Waals surface area contributed by atoms with Crippen LogP contribution in [0.25, 0.3) is 0 Å². The summed E-state index contributed by atoms with van der Waals surface area (Å²) in [5.41, 5.74) is -1.80. The van der Waals surface area contributed by atoms with Crippen LogP contribution in [-0.2, 0) is 40.0 Å². The van der Waals surface area contributed by atoms with Crippen LogP contribution in [0.1, 0.15) is 216 Å². The Bertz CT molecular complexity index is 2350. The number of aliphatic hydroxyl groups excluding tert-OH is 4. The van der Waals surface area contributed by atoms with Gasteiger partial charge in [0.2, 0.25) is 0 Å². The zero-order chi connectivity index (χ0) is 60.0. The summed E-state index contributed by atoms with van der Waals surface area (Å²) in [6.45, 7) is 8.11. The molecule has 0 fully saturated rings. The summed E-state index contributed by atoms with van der Waals surface area (Å²) >= 11 is 0. The Kier molecular flexibility index (Phi) is 36.7. The van der Waals surface area contributed by atoms with Crippen molar-refractivity contribution in [3.8, 4) is 41.1 Å². The first-order valence-corrected chi connectivity index (χ1v) is 27.5. The normalized spacial score (nSPS) is 12.9. The van der Waals surface area contributed by atoms with E-state index >= 15 is 0 Å². The number of carboxylic acid groups (broad SMARTS) is 2. The maximum absolute atomic E-state index is 12.9. The van der Waals surface area contributed by atoms with Gasteiger partial charge in [-0.1, -0.05) is 109 Å². The number of hydrogen-bond acceptors (Lipinski definition) is 18. The SMILES string of the molecule is C#CCCCCCCCCCCCC(O)CC(O)COC(C)=O.C=CCCCCCCCCCCCC(O)CC(O)COC(C)=O.Cc1cc(O)c(C=O)c2c1C(=O)Oc1c(COC(=O)C=CC(=O)O)c(O)c(C(=O)O)c(C)c1O2. The van der Waals surface area contributed by atoms with Gasteiger partial charge in [-0.3, -0.25) is 14.4 Å². The highest BCUT2D eigenvalue weighted by molar-refractivity contribution is 6.03. The van der Waals surface area contributed by atoms with Crippen LogP contribution in [0.5, 0.6) is 28.7 Å². The molecule has 446 valence electrons. The Labute approximate surface area is 470 Å². The summed E-state index contributed by atoms with van der Waals surface area (Å²) in [7, 11) is 0. The Morgan fingerprint density at radius 3 is 1.57 bits per heavy atom. The van der Waals surface area contributed by atoms with Crippen molar-refractivity contribution in [2.24, 2.45) is 0 Å². The standard InChI is InChI=1S/C22H16O12.C19H36O4.C19H34O4/c1-8-5-12(24)10(6-23)19-15(8)22(31)34-20-11(7-32-14(27)4-3-13(25)26)17(28)16(21(29)30)9(2)18(20)33-19;2*1-3-4-5-6-7-8-9-10-11-12-13-14-18(21)15-19(22)16-23-17(2)20/h3-6,24,28H,7H2,1-2H3,(H,25,26)(H,29,30);3,18-19,21-22H,1,4-16H2,2H3;1,18-19,21-22H,4-16H2,2H3. The molecule has 2 aromatic rings. The second kappa shape index (κ2) is 41.3. The topological polar surface area (TPSA) is 327 Å². The summed E-state index contributed by atoms with van der Waals surface area (Å²) in [5, 5.41) is 77.7. The van der Waals surface area contributed by atoms with Crippen molar-refractivity contribution in [1.82, 2.24) is 0 Å². The lowest BCUT2D eigenvalue weighted by atomic mass is 10.0. The van der Waals surface area contributed by atoms with Crippen molar-refractivity contribution < 1.29 is 98.1 Å². The number of rotatable bonds is 37. The number of phenols is 2. The van der Waals surface area contributed by atoms with E-state index < -0.39 is 107 Å². The number of aromatic carboxylic acids is 1. The molecule has 0 spiro atoms. The van der Waals surface area contributed by atoms with Crippen molar-refractivity contribution in [3.05, 3.63) is 64.3 Å². The first-order valence-electron chi connectivity index (χ1n) is 27.5. The van der Waals surface area contributed by atoms with Crippen LogP contribution >= 0.6 is 0 Å².